The van der Waals surface area contributed by atoms with E-state index in [1.807, 2.05) is 23.1 Å². The molecule has 3 atom stereocenters. The van der Waals surface area contributed by atoms with Gasteiger partial charge in [0.05, 0.1) is 6.04 Å². The number of carbonyl (C=O) groups excluding carboxylic acids is 1. The van der Waals surface area contributed by atoms with E-state index in [0.29, 0.717) is 18.8 Å². The zero-order chi connectivity index (χ0) is 26.8. The molecule has 5 heterocycles. The Morgan fingerprint density at radius 2 is 1.72 bits per heavy atom. The molecule has 1 amide bonds. The highest BCUT2D eigenvalue weighted by molar-refractivity contribution is 5.71. The van der Waals surface area contributed by atoms with E-state index in [1.54, 1.807) is 18.6 Å². The summed E-state index contributed by atoms with van der Waals surface area (Å²) in [6.45, 7) is 3.13. The van der Waals surface area contributed by atoms with E-state index in [2.05, 4.69) is 25.1 Å². The van der Waals surface area contributed by atoms with Crippen molar-refractivity contribution in [2.24, 2.45) is 0 Å². The van der Waals surface area contributed by atoms with Crippen molar-refractivity contribution in [3.63, 3.8) is 0 Å². The molecule has 208 valence electrons. The van der Waals surface area contributed by atoms with Crippen LogP contribution >= 0.6 is 0 Å². The van der Waals surface area contributed by atoms with Crippen LogP contribution in [0.3, 0.4) is 0 Å². The Hall–Kier alpha value is -3.67. The Morgan fingerprint density at radius 1 is 0.974 bits per heavy atom. The summed E-state index contributed by atoms with van der Waals surface area (Å²) in [7, 11) is 0. The van der Waals surface area contributed by atoms with Crippen LogP contribution in [0.2, 0.25) is 0 Å². The molecule has 3 aliphatic heterocycles. The molecule has 6 rings (SSSR count). The van der Waals surface area contributed by atoms with Crippen LogP contribution in [0.5, 0.6) is 0 Å². The number of nitrogens with zero attached hydrogens (tertiary/aromatic N) is 6. The second-order valence-corrected chi connectivity index (χ2v) is 10.8. The molecule has 0 radical (unpaired) electrons. The molecule has 0 bridgehead atoms. The van der Waals surface area contributed by atoms with Crippen LogP contribution in [-0.2, 0) is 9.47 Å². The fourth-order valence-electron chi connectivity index (χ4n) is 6.69. The van der Waals surface area contributed by atoms with Gasteiger partial charge in [-0.2, -0.15) is 4.98 Å². The monoisotopic (exact) mass is 537 g/mol. The molecule has 3 unspecified atom stereocenters. The molecule has 39 heavy (non-hydrogen) atoms. The van der Waals surface area contributed by atoms with Gasteiger partial charge in [-0.05, 0) is 63.1 Å². The number of ether oxygens (including phenoxy) is 2. The van der Waals surface area contributed by atoms with Crippen LogP contribution in [0.1, 0.15) is 44.9 Å². The minimum atomic E-state index is -1.21. The van der Waals surface area contributed by atoms with Crippen molar-refractivity contribution >= 4 is 29.7 Å². The number of piperidine rings is 2. The summed E-state index contributed by atoms with van der Waals surface area (Å²) in [5.41, 5.74) is 0.881. The SMILES string of the molecule is O=C(O)OC1CCN(C2CCCC3C2OC(=O)N3C2CCN(c3ccnc(Nc4ccncc4)n3)CC2)CC1. The van der Waals surface area contributed by atoms with Crippen LogP contribution in [0.4, 0.5) is 27.0 Å². The number of carbonyl (C=O) groups is 2. The first kappa shape index (κ1) is 25.6. The largest absolute Gasteiger partial charge is 0.506 e. The summed E-state index contributed by atoms with van der Waals surface area (Å²) >= 11 is 0. The third-order valence-electron chi connectivity index (χ3n) is 8.54. The molecular weight excluding hydrogens is 502 g/mol. The lowest BCUT2D eigenvalue weighted by atomic mass is 9.85. The first-order valence-electron chi connectivity index (χ1n) is 13.9. The second kappa shape index (κ2) is 11.2. The molecule has 4 aliphatic rings. The quantitative estimate of drug-likeness (QED) is 0.525. The third kappa shape index (κ3) is 5.56. The summed E-state index contributed by atoms with van der Waals surface area (Å²) in [6.07, 6.45) is 9.51. The van der Waals surface area contributed by atoms with E-state index >= 15 is 0 Å². The maximum Gasteiger partial charge on any atom is 0.506 e. The average Bonchev–Trinajstić information content (AvgIpc) is 3.30. The first-order valence-corrected chi connectivity index (χ1v) is 13.9. The van der Waals surface area contributed by atoms with Gasteiger partial charge in [0.2, 0.25) is 5.95 Å². The maximum atomic E-state index is 13.2. The Bertz CT molecular complexity index is 1150. The van der Waals surface area contributed by atoms with E-state index < -0.39 is 6.16 Å². The van der Waals surface area contributed by atoms with Crippen molar-refractivity contribution in [1.29, 1.82) is 0 Å². The number of carboxylic acid groups (broad SMARTS) is 1. The lowest BCUT2D eigenvalue weighted by molar-refractivity contribution is -0.0241. The molecule has 0 aromatic carbocycles. The predicted molar refractivity (Wildman–Crippen MR) is 142 cm³/mol. The van der Waals surface area contributed by atoms with Gasteiger partial charge in [-0.15, -0.1) is 0 Å². The molecule has 4 fully saturated rings. The average molecular weight is 538 g/mol. The van der Waals surface area contributed by atoms with Gasteiger partial charge in [-0.25, -0.2) is 14.6 Å². The van der Waals surface area contributed by atoms with Gasteiger partial charge < -0.3 is 24.8 Å². The molecule has 12 nitrogen and oxygen atoms in total. The summed E-state index contributed by atoms with van der Waals surface area (Å²) in [5.74, 6) is 1.41. The normalized spacial score (nSPS) is 26.7. The molecule has 12 heteroatoms. The molecule has 1 saturated carbocycles. The lowest BCUT2D eigenvalue weighted by Gasteiger charge is -2.44. The summed E-state index contributed by atoms with van der Waals surface area (Å²) in [4.78, 5) is 43.8. The highest BCUT2D eigenvalue weighted by atomic mass is 16.7. The highest BCUT2D eigenvalue weighted by Crippen LogP contribution is 2.38. The Kier molecular flexibility index (Phi) is 7.36. The van der Waals surface area contributed by atoms with E-state index in [4.69, 9.17) is 19.6 Å². The maximum absolute atomic E-state index is 13.2. The van der Waals surface area contributed by atoms with Gasteiger partial charge in [-0.1, -0.05) is 0 Å². The van der Waals surface area contributed by atoms with Crippen LogP contribution in [-0.4, -0.2) is 98.6 Å². The number of amides is 1. The number of nitrogens with one attached hydrogen (secondary N) is 1. The fourth-order valence-corrected chi connectivity index (χ4v) is 6.69. The Balaban J connectivity index is 1.06. The number of fused-ring (bicyclic) bond motifs is 1. The van der Waals surface area contributed by atoms with Crippen molar-refractivity contribution in [3.8, 4) is 0 Å². The Morgan fingerprint density at radius 3 is 2.46 bits per heavy atom. The number of aromatic nitrogens is 3. The van der Waals surface area contributed by atoms with Gasteiger partial charge in [0.25, 0.3) is 0 Å². The lowest BCUT2D eigenvalue weighted by Crippen LogP contribution is -2.56. The molecular formula is C27H35N7O5. The standard InChI is InChI=1S/C27H35N7O5/c35-26-34(22-3-1-2-21(24(22)39-26)32-16-9-20(10-17-32)38-27(36)37)19-7-14-33(15-8-19)23-6-13-29-25(31-23)30-18-4-11-28-12-5-18/h4-6,11-13,19-22,24H,1-3,7-10,14-17H2,(H,36,37)(H,28,29,30,31). The molecule has 0 spiro atoms. The smallest absolute Gasteiger partial charge is 0.450 e. The highest BCUT2D eigenvalue weighted by Gasteiger charge is 2.51. The number of rotatable bonds is 6. The number of likely N-dealkylation sites (tertiary alicyclic amines) is 1. The van der Waals surface area contributed by atoms with Gasteiger partial charge in [0.1, 0.15) is 18.0 Å². The minimum absolute atomic E-state index is 0.0935. The van der Waals surface area contributed by atoms with E-state index in [1.165, 1.54) is 0 Å². The van der Waals surface area contributed by atoms with Crippen molar-refractivity contribution in [2.45, 2.75) is 75.3 Å². The van der Waals surface area contributed by atoms with Crippen LogP contribution in [0.15, 0.2) is 36.8 Å². The van der Waals surface area contributed by atoms with Crippen molar-refractivity contribution in [1.82, 2.24) is 24.8 Å². The van der Waals surface area contributed by atoms with Crippen molar-refractivity contribution < 1.29 is 24.2 Å². The second-order valence-electron chi connectivity index (χ2n) is 10.8. The topological polar surface area (TPSA) is 133 Å². The van der Waals surface area contributed by atoms with E-state index in [-0.39, 0.29) is 36.4 Å². The van der Waals surface area contributed by atoms with Gasteiger partial charge in [-0.3, -0.25) is 14.8 Å². The van der Waals surface area contributed by atoms with Crippen LogP contribution in [0.25, 0.3) is 0 Å². The van der Waals surface area contributed by atoms with E-state index in [0.717, 1.165) is 69.8 Å². The minimum Gasteiger partial charge on any atom is -0.450 e. The van der Waals surface area contributed by atoms with Gasteiger partial charge in [0.15, 0.2) is 0 Å². The van der Waals surface area contributed by atoms with Gasteiger partial charge in [0, 0.05) is 62.5 Å². The first-order chi connectivity index (χ1) is 19.0. The summed E-state index contributed by atoms with van der Waals surface area (Å²) in [5, 5.41) is 12.1. The zero-order valence-electron chi connectivity index (χ0n) is 21.9. The van der Waals surface area contributed by atoms with Crippen molar-refractivity contribution in [2.75, 3.05) is 36.4 Å². The number of anilines is 3. The third-order valence-corrected chi connectivity index (χ3v) is 8.54. The van der Waals surface area contributed by atoms with E-state index in [9.17, 15) is 9.59 Å². The summed E-state index contributed by atoms with van der Waals surface area (Å²) in [6, 6.07) is 6.08. The Labute approximate surface area is 227 Å². The zero-order valence-corrected chi connectivity index (χ0v) is 21.9. The number of hydrogen-bond donors (Lipinski definition) is 2. The van der Waals surface area contributed by atoms with Crippen LogP contribution < -0.4 is 10.2 Å². The molecule has 2 N–H and O–H groups in total. The summed E-state index contributed by atoms with van der Waals surface area (Å²) < 4.78 is 11.0. The number of hydrogen-bond acceptors (Lipinski definition) is 10. The van der Waals surface area contributed by atoms with Crippen molar-refractivity contribution in [3.05, 3.63) is 36.8 Å². The predicted octanol–water partition coefficient (Wildman–Crippen LogP) is 3.48. The molecule has 2 aromatic heterocycles. The number of pyridine rings is 1. The molecule has 3 saturated heterocycles. The fraction of sp³-hybridized carbons (Fsp3) is 0.593. The van der Waals surface area contributed by atoms with Gasteiger partial charge >= 0.3 is 12.2 Å². The molecule has 2 aromatic rings. The van der Waals surface area contributed by atoms with Crippen LogP contribution in [0, 0.1) is 0 Å². The molecule has 1 aliphatic carbocycles.